The van der Waals surface area contributed by atoms with Gasteiger partial charge >= 0.3 is 0 Å². The number of benzene rings is 1. The van der Waals surface area contributed by atoms with Gasteiger partial charge in [0.05, 0.1) is 12.6 Å². The normalized spacial score (nSPS) is 16.8. The monoisotopic (exact) mass is 526 g/mol. The number of nitrogens with one attached hydrogen (secondary N) is 1. The van der Waals surface area contributed by atoms with Crippen LogP contribution in [0.3, 0.4) is 0 Å². The summed E-state index contributed by atoms with van der Waals surface area (Å²) in [6.45, 7) is 8.16. The van der Waals surface area contributed by atoms with Crippen LogP contribution in [0, 0.1) is 6.92 Å². The molecule has 0 bridgehead atoms. The first kappa shape index (κ1) is 24.6. The lowest BCUT2D eigenvalue weighted by Gasteiger charge is -2.25. The van der Waals surface area contributed by atoms with E-state index >= 15 is 0 Å². The summed E-state index contributed by atoms with van der Waals surface area (Å²) in [5, 5.41) is 11.7. The smallest absolute Gasteiger partial charge is 0.194 e. The molecule has 166 valence electrons. The van der Waals surface area contributed by atoms with Crippen molar-refractivity contribution in [3.63, 3.8) is 0 Å². The molecule has 1 N–H and O–H groups in total. The van der Waals surface area contributed by atoms with Gasteiger partial charge in [-0.25, -0.2) is 0 Å². The molecule has 3 rings (SSSR count). The topological polar surface area (TPSA) is 67.6 Å². The zero-order valence-electron chi connectivity index (χ0n) is 18.4. The standard InChI is InChI=1S/C22H34N6O.HI/c1-4-21-26-25-17-28(21)13-12-23-22(24-15-20-7-5-6-14-29-20)27(3)16-19-10-8-18(2)9-11-19;/h8-11,17,20H,4-7,12-16H2,1-3H3,(H,23,24);1H. The number of hydrogen-bond donors (Lipinski definition) is 1. The van der Waals surface area contributed by atoms with Crippen molar-refractivity contribution in [1.82, 2.24) is 25.0 Å². The molecule has 0 amide bonds. The molecule has 1 atom stereocenters. The Kier molecular flexibility index (Phi) is 10.6. The van der Waals surface area contributed by atoms with E-state index in [2.05, 4.69) is 70.1 Å². The van der Waals surface area contributed by atoms with Crippen LogP contribution in [0.5, 0.6) is 0 Å². The zero-order valence-corrected chi connectivity index (χ0v) is 20.7. The summed E-state index contributed by atoms with van der Waals surface area (Å²) >= 11 is 0. The predicted octanol–water partition coefficient (Wildman–Crippen LogP) is 3.41. The van der Waals surface area contributed by atoms with Crippen molar-refractivity contribution in [3.05, 3.63) is 47.5 Å². The average molecular weight is 526 g/mol. The molecule has 2 heterocycles. The molecular weight excluding hydrogens is 491 g/mol. The van der Waals surface area contributed by atoms with Gasteiger partial charge in [0.25, 0.3) is 0 Å². The first-order valence-corrected chi connectivity index (χ1v) is 10.7. The molecule has 1 aliphatic rings. The second kappa shape index (κ2) is 12.9. The van der Waals surface area contributed by atoms with Crippen LogP contribution in [0.25, 0.3) is 0 Å². The van der Waals surface area contributed by atoms with Crippen molar-refractivity contribution in [3.8, 4) is 0 Å². The van der Waals surface area contributed by atoms with E-state index in [1.165, 1.54) is 17.5 Å². The minimum Gasteiger partial charge on any atom is -0.376 e. The van der Waals surface area contributed by atoms with Crippen LogP contribution in [0.15, 0.2) is 35.6 Å². The summed E-state index contributed by atoms with van der Waals surface area (Å²) in [4.78, 5) is 7.07. The van der Waals surface area contributed by atoms with Gasteiger partial charge in [0.15, 0.2) is 5.96 Å². The Labute approximate surface area is 197 Å². The third-order valence-corrected chi connectivity index (χ3v) is 5.27. The second-order valence-corrected chi connectivity index (χ2v) is 7.72. The van der Waals surface area contributed by atoms with Gasteiger partial charge < -0.3 is 19.5 Å². The average Bonchev–Trinajstić information content (AvgIpc) is 3.20. The zero-order chi connectivity index (χ0) is 20.5. The molecule has 1 aliphatic heterocycles. The summed E-state index contributed by atoms with van der Waals surface area (Å²) in [7, 11) is 2.09. The number of nitrogens with zero attached hydrogens (tertiary/aromatic N) is 5. The van der Waals surface area contributed by atoms with Gasteiger partial charge in [-0.2, -0.15) is 0 Å². The largest absolute Gasteiger partial charge is 0.376 e. The molecule has 8 heteroatoms. The Hall–Kier alpha value is -1.68. The van der Waals surface area contributed by atoms with E-state index in [0.29, 0.717) is 6.54 Å². The van der Waals surface area contributed by atoms with E-state index in [4.69, 9.17) is 9.73 Å². The van der Waals surface area contributed by atoms with Gasteiger partial charge in [-0.05, 0) is 31.7 Å². The first-order chi connectivity index (χ1) is 14.2. The SMILES string of the molecule is CCc1nncn1CCNC(=NCC1CCCCO1)N(C)Cc1ccc(C)cc1.I. The maximum absolute atomic E-state index is 5.86. The number of aliphatic imine (C=N–C) groups is 1. The molecular formula is C22H35IN6O. The summed E-state index contributed by atoms with van der Waals surface area (Å²) in [6, 6.07) is 8.67. The molecule has 1 unspecified atom stereocenters. The Bertz CT molecular complexity index is 770. The van der Waals surface area contributed by atoms with Crippen LogP contribution in [0.4, 0.5) is 0 Å². The van der Waals surface area contributed by atoms with Gasteiger partial charge in [-0.15, -0.1) is 34.2 Å². The highest BCUT2D eigenvalue weighted by Crippen LogP contribution is 2.13. The van der Waals surface area contributed by atoms with E-state index < -0.39 is 0 Å². The maximum Gasteiger partial charge on any atom is 0.194 e. The number of ether oxygens (including phenoxy) is 1. The van der Waals surface area contributed by atoms with Crippen molar-refractivity contribution in [2.75, 3.05) is 26.7 Å². The van der Waals surface area contributed by atoms with Gasteiger partial charge in [-0.3, -0.25) is 4.99 Å². The maximum atomic E-state index is 5.86. The molecule has 30 heavy (non-hydrogen) atoms. The Balaban J connectivity index is 0.00000320. The van der Waals surface area contributed by atoms with Crippen molar-refractivity contribution >= 4 is 29.9 Å². The van der Waals surface area contributed by atoms with E-state index in [1.807, 2.05) is 0 Å². The number of aryl methyl sites for hydroxylation is 2. The minimum atomic E-state index is 0. The van der Waals surface area contributed by atoms with Crippen molar-refractivity contribution < 1.29 is 4.74 Å². The van der Waals surface area contributed by atoms with Crippen LogP contribution in [0.2, 0.25) is 0 Å². The van der Waals surface area contributed by atoms with Crippen LogP contribution in [-0.4, -0.2) is 58.5 Å². The van der Waals surface area contributed by atoms with Gasteiger partial charge in [-0.1, -0.05) is 36.8 Å². The molecule has 1 aromatic carbocycles. The molecule has 0 aliphatic carbocycles. The van der Waals surface area contributed by atoms with Crippen LogP contribution >= 0.6 is 24.0 Å². The summed E-state index contributed by atoms with van der Waals surface area (Å²) < 4.78 is 7.95. The van der Waals surface area contributed by atoms with Gasteiger partial charge in [0, 0.05) is 39.7 Å². The Morgan fingerprint density at radius 1 is 1.30 bits per heavy atom. The summed E-state index contributed by atoms with van der Waals surface area (Å²) in [5.41, 5.74) is 2.55. The van der Waals surface area contributed by atoms with Gasteiger partial charge in [0.1, 0.15) is 12.2 Å². The highest BCUT2D eigenvalue weighted by Gasteiger charge is 2.15. The predicted molar refractivity (Wildman–Crippen MR) is 131 cm³/mol. The van der Waals surface area contributed by atoms with Crippen molar-refractivity contribution in [2.45, 2.75) is 58.7 Å². The van der Waals surface area contributed by atoms with Crippen LogP contribution < -0.4 is 5.32 Å². The lowest BCUT2D eigenvalue weighted by molar-refractivity contribution is 0.0223. The van der Waals surface area contributed by atoms with Crippen molar-refractivity contribution in [2.24, 2.45) is 4.99 Å². The fraction of sp³-hybridized carbons (Fsp3) is 0.591. The van der Waals surface area contributed by atoms with Crippen LogP contribution in [0.1, 0.15) is 43.1 Å². The molecule has 0 radical (unpaired) electrons. The molecule has 7 nitrogen and oxygen atoms in total. The highest BCUT2D eigenvalue weighted by atomic mass is 127. The first-order valence-electron chi connectivity index (χ1n) is 10.7. The Morgan fingerprint density at radius 2 is 2.10 bits per heavy atom. The summed E-state index contributed by atoms with van der Waals surface area (Å²) in [5.74, 6) is 1.92. The molecule has 2 aromatic rings. The second-order valence-electron chi connectivity index (χ2n) is 7.72. The third-order valence-electron chi connectivity index (χ3n) is 5.27. The van der Waals surface area contributed by atoms with Crippen LogP contribution in [-0.2, 0) is 24.2 Å². The molecule has 1 aromatic heterocycles. The van der Waals surface area contributed by atoms with E-state index in [9.17, 15) is 0 Å². The fourth-order valence-corrected chi connectivity index (χ4v) is 3.52. The highest BCUT2D eigenvalue weighted by molar-refractivity contribution is 14.0. The quantitative estimate of drug-likeness (QED) is 0.325. The van der Waals surface area contributed by atoms with E-state index in [-0.39, 0.29) is 30.1 Å². The van der Waals surface area contributed by atoms with E-state index in [0.717, 1.165) is 57.3 Å². The lowest BCUT2D eigenvalue weighted by Crippen LogP contribution is -2.40. The number of hydrogen-bond acceptors (Lipinski definition) is 4. The lowest BCUT2D eigenvalue weighted by atomic mass is 10.1. The molecule has 1 saturated heterocycles. The van der Waals surface area contributed by atoms with Crippen molar-refractivity contribution in [1.29, 1.82) is 0 Å². The molecule has 0 spiro atoms. The third kappa shape index (κ3) is 7.54. The number of rotatable bonds is 8. The number of halogens is 1. The number of aromatic nitrogens is 3. The minimum absolute atomic E-state index is 0. The fourth-order valence-electron chi connectivity index (χ4n) is 3.52. The number of guanidine groups is 1. The van der Waals surface area contributed by atoms with E-state index in [1.54, 1.807) is 6.33 Å². The van der Waals surface area contributed by atoms with Gasteiger partial charge in [0.2, 0.25) is 0 Å². The molecule has 1 fully saturated rings. The molecule has 0 saturated carbocycles. The Morgan fingerprint density at radius 3 is 2.80 bits per heavy atom. The summed E-state index contributed by atoms with van der Waals surface area (Å²) in [6.07, 6.45) is 6.40.